The summed E-state index contributed by atoms with van der Waals surface area (Å²) < 4.78 is 48.0. The summed E-state index contributed by atoms with van der Waals surface area (Å²) in [5.41, 5.74) is 13.2. The quantitative estimate of drug-likeness (QED) is 0.752. The van der Waals surface area contributed by atoms with Gasteiger partial charge in [0.1, 0.15) is 18.5 Å². The van der Waals surface area contributed by atoms with Gasteiger partial charge in [-0.15, -0.1) is 0 Å². The van der Waals surface area contributed by atoms with Gasteiger partial charge in [0, 0.05) is 48.6 Å². The summed E-state index contributed by atoms with van der Waals surface area (Å²) in [6.45, 7) is 1.51. The maximum atomic E-state index is 14.1. The predicted molar refractivity (Wildman–Crippen MR) is 92.1 cm³/mol. The number of aromatic nitrogens is 2. The molecule has 0 bridgehead atoms. The highest BCUT2D eigenvalue weighted by Crippen LogP contribution is 2.34. The van der Waals surface area contributed by atoms with E-state index in [1.807, 2.05) is 0 Å². The minimum absolute atomic E-state index is 0.0154. The Labute approximate surface area is 159 Å². The molecule has 150 valence electrons. The zero-order valence-electron chi connectivity index (χ0n) is 14.9. The molecule has 1 aromatic heterocycles. The van der Waals surface area contributed by atoms with Crippen molar-refractivity contribution in [3.63, 3.8) is 0 Å². The van der Waals surface area contributed by atoms with Crippen molar-refractivity contribution in [1.82, 2.24) is 14.7 Å². The van der Waals surface area contributed by atoms with Crippen molar-refractivity contribution in [2.75, 3.05) is 6.61 Å². The molecular weight excluding hydrogens is 375 g/mol. The average Bonchev–Trinajstić information content (AvgIpc) is 3.16. The second-order valence-corrected chi connectivity index (χ2v) is 7.27. The number of hydrogen-bond acceptors (Lipinski definition) is 5. The molecule has 10 heteroatoms. The minimum atomic E-state index is -1.24. The molecule has 28 heavy (non-hydrogen) atoms. The first-order valence-electron chi connectivity index (χ1n) is 8.91. The Morgan fingerprint density at radius 2 is 1.96 bits per heavy atom. The summed E-state index contributed by atoms with van der Waals surface area (Å²) in [7, 11) is 0. The number of fused-ring (bicyclic) bond motifs is 1. The van der Waals surface area contributed by atoms with Gasteiger partial charge in [0.15, 0.2) is 11.6 Å². The molecule has 7 nitrogen and oxygen atoms in total. The zero-order chi connectivity index (χ0) is 20.0. The highest BCUT2D eigenvalue weighted by Gasteiger charge is 2.37. The molecule has 0 aliphatic carbocycles. The van der Waals surface area contributed by atoms with E-state index in [9.17, 15) is 18.0 Å². The zero-order valence-corrected chi connectivity index (χ0v) is 14.9. The summed E-state index contributed by atoms with van der Waals surface area (Å²) in [5.74, 6) is -3.71. The topological polar surface area (TPSA) is 99.4 Å². The lowest BCUT2D eigenvalue weighted by molar-refractivity contribution is -0.118. The van der Waals surface area contributed by atoms with Crippen LogP contribution in [-0.4, -0.2) is 39.3 Å². The number of nitrogens with zero attached hydrogens (tertiary/aromatic N) is 3. The molecule has 4 rings (SSSR count). The van der Waals surface area contributed by atoms with Crippen LogP contribution in [0.15, 0.2) is 18.3 Å². The van der Waals surface area contributed by atoms with Crippen LogP contribution >= 0.6 is 0 Å². The van der Waals surface area contributed by atoms with Gasteiger partial charge in [0.2, 0.25) is 5.91 Å². The lowest BCUT2D eigenvalue weighted by atomic mass is 9.93. The first kappa shape index (κ1) is 18.9. The largest absolute Gasteiger partial charge is 0.370 e. The molecule has 1 saturated heterocycles. The van der Waals surface area contributed by atoms with Crippen LogP contribution in [0.4, 0.5) is 13.2 Å². The van der Waals surface area contributed by atoms with E-state index < -0.39 is 35.5 Å². The third kappa shape index (κ3) is 3.50. The molecule has 3 heterocycles. The average molecular weight is 395 g/mol. The molecule has 2 aliphatic rings. The van der Waals surface area contributed by atoms with E-state index in [1.54, 1.807) is 6.20 Å². The van der Waals surface area contributed by atoms with Crippen LogP contribution in [0.2, 0.25) is 0 Å². The third-order valence-electron chi connectivity index (χ3n) is 5.23. The van der Waals surface area contributed by atoms with Gasteiger partial charge in [-0.2, -0.15) is 5.10 Å². The second kappa shape index (κ2) is 7.19. The van der Waals surface area contributed by atoms with Gasteiger partial charge in [-0.05, 0) is 12.5 Å². The van der Waals surface area contributed by atoms with Gasteiger partial charge in [0.05, 0.1) is 12.3 Å². The fraction of sp³-hybridized carbons (Fsp3) is 0.444. The van der Waals surface area contributed by atoms with E-state index in [0.29, 0.717) is 25.6 Å². The Morgan fingerprint density at radius 1 is 1.21 bits per heavy atom. The molecule has 1 amide bonds. The number of halogens is 3. The molecular formula is C18H20F3N5O2. The van der Waals surface area contributed by atoms with Crippen molar-refractivity contribution in [3.05, 3.63) is 52.6 Å². The van der Waals surface area contributed by atoms with Crippen LogP contribution in [0.3, 0.4) is 0 Å². The van der Waals surface area contributed by atoms with Crippen LogP contribution in [-0.2, 0) is 29.2 Å². The van der Waals surface area contributed by atoms with Crippen molar-refractivity contribution in [3.8, 4) is 0 Å². The summed E-state index contributed by atoms with van der Waals surface area (Å²) in [6, 6.07) is 0.735. The predicted octanol–water partition coefficient (Wildman–Crippen LogP) is 0.959. The van der Waals surface area contributed by atoms with Crippen molar-refractivity contribution in [2.24, 2.45) is 11.5 Å². The highest BCUT2D eigenvalue weighted by molar-refractivity contribution is 5.73. The summed E-state index contributed by atoms with van der Waals surface area (Å²) >= 11 is 0. The van der Waals surface area contributed by atoms with Crippen LogP contribution < -0.4 is 11.5 Å². The number of primary amides is 1. The number of benzene rings is 1. The molecule has 2 aliphatic heterocycles. The molecule has 3 atom stereocenters. The fourth-order valence-corrected chi connectivity index (χ4v) is 3.91. The van der Waals surface area contributed by atoms with Gasteiger partial charge < -0.3 is 16.2 Å². The number of carbonyl (C=O) groups is 1. The van der Waals surface area contributed by atoms with E-state index in [4.69, 9.17) is 16.2 Å². The molecule has 4 N–H and O–H groups in total. The standard InChI is InChI=1S/C18H20F3N5O2/c19-12-3-14(21)13(20)2-11(12)18-15(22)1-10(8-28-18)25-4-9-5-26(7-17(23)27)24-16(9)6-25/h2-3,5,10,15,18H,1,4,6-8,22H2,(H2,23,27). The van der Waals surface area contributed by atoms with E-state index in [0.717, 1.165) is 17.3 Å². The Bertz CT molecular complexity index is 895. The summed E-state index contributed by atoms with van der Waals surface area (Å²) in [4.78, 5) is 13.1. The molecule has 3 unspecified atom stereocenters. The number of hydrogen-bond donors (Lipinski definition) is 2. The Hall–Kier alpha value is -2.43. The Balaban J connectivity index is 1.41. The molecule has 0 saturated carbocycles. The van der Waals surface area contributed by atoms with Gasteiger partial charge in [-0.25, -0.2) is 13.2 Å². The number of nitrogens with two attached hydrogens (primary N) is 2. The normalized spacial score (nSPS) is 25.1. The molecule has 1 fully saturated rings. The smallest absolute Gasteiger partial charge is 0.239 e. The number of carbonyl (C=O) groups excluding carboxylic acids is 1. The monoisotopic (exact) mass is 395 g/mol. The SMILES string of the molecule is NC(=O)Cn1cc2c(n1)CN(C1COC(c3cc(F)c(F)cc3F)C(N)C1)C2. The van der Waals surface area contributed by atoms with Crippen molar-refractivity contribution in [1.29, 1.82) is 0 Å². The number of rotatable bonds is 4. The minimum Gasteiger partial charge on any atom is -0.370 e. The molecule has 0 radical (unpaired) electrons. The maximum absolute atomic E-state index is 14.1. The number of amides is 1. The van der Waals surface area contributed by atoms with E-state index in [1.165, 1.54) is 4.68 Å². The van der Waals surface area contributed by atoms with E-state index >= 15 is 0 Å². The lowest BCUT2D eigenvalue weighted by Crippen LogP contribution is -2.47. The van der Waals surface area contributed by atoms with E-state index in [-0.39, 0.29) is 24.8 Å². The third-order valence-corrected chi connectivity index (χ3v) is 5.23. The lowest BCUT2D eigenvalue weighted by Gasteiger charge is -2.38. The van der Waals surface area contributed by atoms with Crippen molar-refractivity contribution in [2.45, 2.75) is 44.2 Å². The van der Waals surface area contributed by atoms with E-state index in [2.05, 4.69) is 10.00 Å². The summed E-state index contributed by atoms with van der Waals surface area (Å²) in [6.07, 6.45) is 1.47. The maximum Gasteiger partial charge on any atom is 0.239 e. The Morgan fingerprint density at radius 3 is 2.64 bits per heavy atom. The van der Waals surface area contributed by atoms with Crippen LogP contribution in [0.1, 0.15) is 29.3 Å². The van der Waals surface area contributed by atoms with Crippen LogP contribution in [0, 0.1) is 17.5 Å². The van der Waals surface area contributed by atoms with Crippen LogP contribution in [0.5, 0.6) is 0 Å². The molecule has 2 aromatic rings. The van der Waals surface area contributed by atoms with Crippen LogP contribution in [0.25, 0.3) is 0 Å². The fourth-order valence-electron chi connectivity index (χ4n) is 3.91. The van der Waals surface area contributed by atoms with Gasteiger partial charge in [-0.1, -0.05) is 0 Å². The first-order chi connectivity index (χ1) is 13.3. The number of ether oxygens (including phenoxy) is 1. The second-order valence-electron chi connectivity index (χ2n) is 7.27. The molecule has 0 spiro atoms. The van der Waals surface area contributed by atoms with Gasteiger partial charge in [-0.3, -0.25) is 14.4 Å². The Kier molecular flexibility index (Phi) is 4.86. The van der Waals surface area contributed by atoms with Gasteiger partial charge >= 0.3 is 0 Å². The van der Waals surface area contributed by atoms with Gasteiger partial charge in [0.25, 0.3) is 0 Å². The first-order valence-corrected chi connectivity index (χ1v) is 8.91. The summed E-state index contributed by atoms with van der Waals surface area (Å²) in [5, 5.41) is 4.36. The molecule has 1 aromatic carbocycles. The van der Waals surface area contributed by atoms with Crippen molar-refractivity contribution < 1.29 is 22.7 Å². The van der Waals surface area contributed by atoms with Crippen molar-refractivity contribution >= 4 is 5.91 Å². The highest BCUT2D eigenvalue weighted by atomic mass is 19.2.